The number of carbonyl (C=O) groups is 1. The first kappa shape index (κ1) is 15.1. The summed E-state index contributed by atoms with van der Waals surface area (Å²) in [5.41, 5.74) is 8.40. The first-order valence-electron chi connectivity index (χ1n) is 8.15. The van der Waals surface area contributed by atoms with Gasteiger partial charge in [0.15, 0.2) is 0 Å². The van der Waals surface area contributed by atoms with E-state index in [0.717, 1.165) is 31.7 Å². The molecule has 2 aliphatic rings. The lowest BCUT2D eigenvalue weighted by atomic mass is 10.1. The van der Waals surface area contributed by atoms with Gasteiger partial charge in [-0.3, -0.25) is 10.9 Å². The standard InChI is InChI=1S/C16H25N5O/c22-16(20-14-11-18-19-12-14)17-10-13-4-6-15(7-5-13)21-8-2-1-3-9-21/h4-7,14,18-19H,1-3,8-12H2,(H2,17,20,22). The molecule has 6 nitrogen and oxygen atoms in total. The second-order valence-corrected chi connectivity index (χ2v) is 6.00. The van der Waals surface area contributed by atoms with E-state index < -0.39 is 0 Å². The van der Waals surface area contributed by atoms with Gasteiger partial charge < -0.3 is 15.5 Å². The monoisotopic (exact) mass is 303 g/mol. The minimum atomic E-state index is -0.115. The van der Waals surface area contributed by atoms with Gasteiger partial charge in [-0.1, -0.05) is 12.1 Å². The number of anilines is 1. The molecule has 0 saturated carbocycles. The van der Waals surface area contributed by atoms with Crippen molar-refractivity contribution < 1.29 is 4.79 Å². The van der Waals surface area contributed by atoms with Gasteiger partial charge in [0, 0.05) is 38.4 Å². The van der Waals surface area contributed by atoms with Crippen molar-refractivity contribution in [3.63, 3.8) is 0 Å². The average molecular weight is 303 g/mol. The molecule has 0 bridgehead atoms. The highest BCUT2D eigenvalue weighted by atomic mass is 16.2. The molecule has 0 unspecified atom stereocenters. The van der Waals surface area contributed by atoms with Crippen molar-refractivity contribution in [2.24, 2.45) is 0 Å². The number of hydrogen-bond acceptors (Lipinski definition) is 4. The zero-order chi connectivity index (χ0) is 15.2. The van der Waals surface area contributed by atoms with Crippen LogP contribution in [0.1, 0.15) is 24.8 Å². The third kappa shape index (κ3) is 4.11. The molecule has 6 heteroatoms. The summed E-state index contributed by atoms with van der Waals surface area (Å²) < 4.78 is 0. The van der Waals surface area contributed by atoms with Crippen LogP contribution in [0.3, 0.4) is 0 Å². The van der Waals surface area contributed by atoms with Gasteiger partial charge in [0.25, 0.3) is 0 Å². The fourth-order valence-corrected chi connectivity index (χ4v) is 2.96. The largest absolute Gasteiger partial charge is 0.372 e. The summed E-state index contributed by atoms with van der Waals surface area (Å²) in [6.45, 7) is 4.39. The molecule has 4 N–H and O–H groups in total. The van der Waals surface area contributed by atoms with Gasteiger partial charge >= 0.3 is 6.03 Å². The molecule has 120 valence electrons. The van der Waals surface area contributed by atoms with Crippen molar-refractivity contribution in [1.29, 1.82) is 0 Å². The Labute approximate surface area is 131 Å². The van der Waals surface area contributed by atoms with Crippen molar-refractivity contribution in [2.75, 3.05) is 31.1 Å². The number of piperidine rings is 1. The van der Waals surface area contributed by atoms with Gasteiger partial charge in [0.1, 0.15) is 0 Å². The van der Waals surface area contributed by atoms with E-state index in [0.29, 0.717) is 6.54 Å². The molecule has 0 aliphatic carbocycles. The number of amides is 2. The quantitative estimate of drug-likeness (QED) is 0.669. The highest BCUT2D eigenvalue weighted by molar-refractivity contribution is 5.74. The lowest BCUT2D eigenvalue weighted by molar-refractivity contribution is 0.238. The van der Waals surface area contributed by atoms with Crippen molar-refractivity contribution in [2.45, 2.75) is 31.8 Å². The molecule has 0 aromatic heterocycles. The van der Waals surface area contributed by atoms with Gasteiger partial charge in [0.05, 0.1) is 6.04 Å². The van der Waals surface area contributed by atoms with Crippen LogP contribution in [0.4, 0.5) is 10.5 Å². The van der Waals surface area contributed by atoms with Gasteiger partial charge in [-0.25, -0.2) is 4.79 Å². The summed E-state index contributed by atoms with van der Waals surface area (Å²) in [5.74, 6) is 0. The molecular weight excluding hydrogens is 278 g/mol. The molecular formula is C16H25N5O. The average Bonchev–Trinajstić information content (AvgIpc) is 3.07. The first-order valence-corrected chi connectivity index (χ1v) is 8.15. The number of nitrogens with one attached hydrogen (secondary N) is 4. The highest BCUT2D eigenvalue weighted by Gasteiger charge is 2.16. The molecule has 0 radical (unpaired) electrons. The van der Waals surface area contributed by atoms with E-state index in [2.05, 4.69) is 50.7 Å². The summed E-state index contributed by atoms with van der Waals surface area (Å²) in [6, 6.07) is 8.55. The van der Waals surface area contributed by atoms with Gasteiger partial charge in [-0.2, -0.15) is 0 Å². The summed E-state index contributed by atoms with van der Waals surface area (Å²) in [7, 11) is 0. The zero-order valence-electron chi connectivity index (χ0n) is 12.9. The van der Waals surface area contributed by atoms with Crippen molar-refractivity contribution >= 4 is 11.7 Å². The maximum atomic E-state index is 11.8. The number of benzene rings is 1. The smallest absolute Gasteiger partial charge is 0.315 e. The lowest BCUT2D eigenvalue weighted by Gasteiger charge is -2.28. The topological polar surface area (TPSA) is 68.4 Å². The molecule has 1 aromatic rings. The molecule has 0 spiro atoms. The molecule has 22 heavy (non-hydrogen) atoms. The molecule has 0 atom stereocenters. The van der Waals surface area contributed by atoms with Crippen LogP contribution in [-0.2, 0) is 6.54 Å². The minimum absolute atomic E-state index is 0.115. The summed E-state index contributed by atoms with van der Waals surface area (Å²) in [4.78, 5) is 14.2. The first-order chi connectivity index (χ1) is 10.8. The van der Waals surface area contributed by atoms with Crippen LogP contribution in [0.15, 0.2) is 24.3 Å². The van der Waals surface area contributed by atoms with E-state index >= 15 is 0 Å². The molecule has 3 rings (SSSR count). The van der Waals surface area contributed by atoms with Gasteiger partial charge in [0.2, 0.25) is 0 Å². The fourth-order valence-electron chi connectivity index (χ4n) is 2.96. The number of hydrazine groups is 1. The van der Waals surface area contributed by atoms with E-state index in [1.165, 1.54) is 24.9 Å². The normalized spacial score (nSPS) is 19.2. The Morgan fingerprint density at radius 1 is 1.09 bits per heavy atom. The molecule has 2 aliphatic heterocycles. The van der Waals surface area contributed by atoms with Crippen LogP contribution in [0, 0.1) is 0 Å². The van der Waals surface area contributed by atoms with Gasteiger partial charge in [-0.15, -0.1) is 0 Å². The van der Waals surface area contributed by atoms with Crippen LogP contribution >= 0.6 is 0 Å². The maximum absolute atomic E-state index is 11.8. The van der Waals surface area contributed by atoms with Crippen LogP contribution in [0.2, 0.25) is 0 Å². The third-order valence-electron chi connectivity index (χ3n) is 4.27. The molecule has 2 heterocycles. The van der Waals surface area contributed by atoms with E-state index in [1.54, 1.807) is 0 Å². The minimum Gasteiger partial charge on any atom is -0.372 e. The summed E-state index contributed by atoms with van der Waals surface area (Å²) >= 11 is 0. The van der Waals surface area contributed by atoms with Crippen LogP contribution in [0.5, 0.6) is 0 Å². The number of hydrogen-bond donors (Lipinski definition) is 4. The van der Waals surface area contributed by atoms with E-state index in [4.69, 9.17) is 0 Å². The second kappa shape index (κ2) is 7.47. The highest BCUT2D eigenvalue weighted by Crippen LogP contribution is 2.20. The van der Waals surface area contributed by atoms with Crippen LogP contribution in [-0.4, -0.2) is 38.3 Å². The Bertz CT molecular complexity index is 478. The Hall–Kier alpha value is -1.79. The van der Waals surface area contributed by atoms with Crippen LogP contribution < -0.4 is 26.4 Å². The Balaban J connectivity index is 1.45. The number of carbonyl (C=O) groups excluding carboxylic acids is 1. The van der Waals surface area contributed by atoms with Crippen molar-refractivity contribution in [1.82, 2.24) is 21.5 Å². The SMILES string of the molecule is O=C(NCc1ccc(N2CCCCC2)cc1)NC1CNNC1. The zero-order valence-corrected chi connectivity index (χ0v) is 12.9. The van der Waals surface area contributed by atoms with Crippen LogP contribution in [0.25, 0.3) is 0 Å². The Morgan fingerprint density at radius 2 is 1.77 bits per heavy atom. The second-order valence-electron chi connectivity index (χ2n) is 6.00. The van der Waals surface area contributed by atoms with Crippen molar-refractivity contribution in [3.8, 4) is 0 Å². The van der Waals surface area contributed by atoms with Crippen molar-refractivity contribution in [3.05, 3.63) is 29.8 Å². The van der Waals surface area contributed by atoms with E-state index in [-0.39, 0.29) is 12.1 Å². The number of urea groups is 1. The molecule has 2 saturated heterocycles. The molecule has 2 fully saturated rings. The fraction of sp³-hybridized carbons (Fsp3) is 0.562. The molecule has 2 amide bonds. The Kier molecular flexibility index (Phi) is 5.13. The Morgan fingerprint density at radius 3 is 2.45 bits per heavy atom. The number of nitrogens with zero attached hydrogens (tertiary/aromatic N) is 1. The van der Waals surface area contributed by atoms with E-state index in [1.807, 2.05) is 0 Å². The summed E-state index contributed by atoms with van der Waals surface area (Å²) in [5, 5.41) is 5.83. The third-order valence-corrected chi connectivity index (χ3v) is 4.27. The van der Waals surface area contributed by atoms with E-state index in [9.17, 15) is 4.79 Å². The lowest BCUT2D eigenvalue weighted by Crippen LogP contribution is -2.44. The van der Waals surface area contributed by atoms with Gasteiger partial charge in [-0.05, 0) is 37.0 Å². The maximum Gasteiger partial charge on any atom is 0.315 e. The molecule has 1 aromatic carbocycles. The summed E-state index contributed by atoms with van der Waals surface area (Å²) in [6.07, 6.45) is 3.92. The predicted molar refractivity (Wildman–Crippen MR) is 87.7 cm³/mol. The predicted octanol–water partition coefficient (Wildman–Crippen LogP) is 0.953. The number of rotatable bonds is 4.